The van der Waals surface area contributed by atoms with E-state index in [2.05, 4.69) is 45.1 Å². The molecule has 0 saturated carbocycles. The van der Waals surface area contributed by atoms with Crippen molar-refractivity contribution in [1.29, 1.82) is 0 Å². The first-order chi connectivity index (χ1) is 7.45. The average Bonchev–Trinajstić information content (AvgIpc) is 2.15. The van der Waals surface area contributed by atoms with Gasteiger partial charge in [0, 0.05) is 18.0 Å². The SMILES string of the molecule is COc1c(C)cc(C2CNC2(C)C)cc1C. The number of hydrogen-bond acceptors (Lipinski definition) is 2. The standard InChI is InChI=1S/C14H21NO/c1-9-6-11(7-10(2)13(9)16-5)12-8-15-14(12,3)4/h6-7,12,15H,8H2,1-5H3. The molecule has 88 valence electrons. The van der Waals surface area contributed by atoms with E-state index in [0.29, 0.717) is 5.92 Å². The normalized spacial score (nSPS) is 22.7. The Kier molecular flexibility index (Phi) is 2.70. The third-order valence-corrected chi connectivity index (χ3v) is 3.72. The van der Waals surface area contributed by atoms with Crippen molar-refractivity contribution in [3.05, 3.63) is 28.8 Å². The van der Waals surface area contributed by atoms with Crippen molar-refractivity contribution in [2.75, 3.05) is 13.7 Å². The summed E-state index contributed by atoms with van der Waals surface area (Å²) < 4.78 is 5.40. The van der Waals surface area contributed by atoms with Crippen LogP contribution in [-0.2, 0) is 0 Å². The Morgan fingerprint density at radius 3 is 2.12 bits per heavy atom. The highest BCUT2D eigenvalue weighted by Crippen LogP contribution is 2.37. The molecule has 0 bridgehead atoms. The van der Waals surface area contributed by atoms with E-state index in [1.165, 1.54) is 16.7 Å². The van der Waals surface area contributed by atoms with Crippen molar-refractivity contribution in [3.63, 3.8) is 0 Å². The summed E-state index contributed by atoms with van der Waals surface area (Å²) in [6, 6.07) is 4.53. The highest BCUT2D eigenvalue weighted by atomic mass is 16.5. The van der Waals surface area contributed by atoms with Crippen LogP contribution in [0.15, 0.2) is 12.1 Å². The molecule has 1 atom stereocenters. The number of rotatable bonds is 2. The van der Waals surface area contributed by atoms with Crippen LogP contribution >= 0.6 is 0 Å². The lowest BCUT2D eigenvalue weighted by Crippen LogP contribution is -2.59. The van der Waals surface area contributed by atoms with E-state index in [4.69, 9.17) is 4.74 Å². The molecule has 2 rings (SSSR count). The molecule has 1 aromatic rings. The van der Waals surface area contributed by atoms with E-state index in [0.717, 1.165) is 12.3 Å². The van der Waals surface area contributed by atoms with Gasteiger partial charge in [-0.3, -0.25) is 0 Å². The Labute approximate surface area is 98.0 Å². The fourth-order valence-electron chi connectivity index (χ4n) is 2.65. The first-order valence-corrected chi connectivity index (χ1v) is 5.86. The second kappa shape index (κ2) is 3.77. The van der Waals surface area contributed by atoms with Crippen molar-refractivity contribution in [1.82, 2.24) is 5.32 Å². The average molecular weight is 219 g/mol. The molecule has 1 heterocycles. The quantitative estimate of drug-likeness (QED) is 0.826. The molecule has 1 saturated heterocycles. The molecule has 2 heteroatoms. The molecule has 1 N–H and O–H groups in total. The van der Waals surface area contributed by atoms with Crippen LogP contribution in [0, 0.1) is 13.8 Å². The third-order valence-electron chi connectivity index (χ3n) is 3.72. The van der Waals surface area contributed by atoms with Crippen LogP contribution in [0.1, 0.15) is 36.5 Å². The molecule has 1 unspecified atom stereocenters. The van der Waals surface area contributed by atoms with Gasteiger partial charge in [0.1, 0.15) is 5.75 Å². The smallest absolute Gasteiger partial charge is 0.124 e. The predicted molar refractivity (Wildman–Crippen MR) is 67.3 cm³/mol. The van der Waals surface area contributed by atoms with Crippen molar-refractivity contribution in [2.24, 2.45) is 0 Å². The molecule has 1 fully saturated rings. The summed E-state index contributed by atoms with van der Waals surface area (Å²) >= 11 is 0. The molecular formula is C14H21NO. The summed E-state index contributed by atoms with van der Waals surface area (Å²) in [4.78, 5) is 0. The second-order valence-corrected chi connectivity index (χ2v) is 5.34. The zero-order chi connectivity index (χ0) is 11.9. The highest BCUT2D eigenvalue weighted by Gasteiger charge is 2.39. The first kappa shape index (κ1) is 11.5. The van der Waals surface area contributed by atoms with Crippen LogP contribution in [0.5, 0.6) is 5.75 Å². The van der Waals surface area contributed by atoms with Crippen LogP contribution in [0.2, 0.25) is 0 Å². The Hall–Kier alpha value is -1.02. The van der Waals surface area contributed by atoms with Gasteiger partial charge in [0.15, 0.2) is 0 Å². The largest absolute Gasteiger partial charge is 0.496 e. The second-order valence-electron chi connectivity index (χ2n) is 5.34. The van der Waals surface area contributed by atoms with E-state index in [-0.39, 0.29) is 5.54 Å². The topological polar surface area (TPSA) is 21.3 Å². The van der Waals surface area contributed by atoms with Crippen LogP contribution in [0.4, 0.5) is 0 Å². The zero-order valence-electron chi connectivity index (χ0n) is 10.8. The van der Waals surface area contributed by atoms with E-state index >= 15 is 0 Å². The summed E-state index contributed by atoms with van der Waals surface area (Å²) in [6.45, 7) is 9.84. The molecule has 0 aliphatic carbocycles. The highest BCUT2D eigenvalue weighted by molar-refractivity contribution is 5.45. The van der Waals surface area contributed by atoms with Crippen LogP contribution in [-0.4, -0.2) is 19.2 Å². The molecule has 0 radical (unpaired) electrons. The van der Waals surface area contributed by atoms with Crippen LogP contribution in [0.25, 0.3) is 0 Å². The van der Waals surface area contributed by atoms with Gasteiger partial charge in [-0.15, -0.1) is 0 Å². The molecule has 0 amide bonds. The van der Waals surface area contributed by atoms with E-state index in [1.54, 1.807) is 7.11 Å². The lowest BCUT2D eigenvalue weighted by Gasteiger charge is -2.46. The van der Waals surface area contributed by atoms with E-state index in [9.17, 15) is 0 Å². The molecular weight excluding hydrogens is 198 g/mol. The van der Waals surface area contributed by atoms with Gasteiger partial charge in [0.05, 0.1) is 7.11 Å². The Morgan fingerprint density at radius 1 is 1.25 bits per heavy atom. The lowest BCUT2D eigenvalue weighted by atomic mass is 9.74. The maximum absolute atomic E-state index is 5.40. The minimum Gasteiger partial charge on any atom is -0.496 e. The molecule has 0 spiro atoms. The number of hydrogen-bond donors (Lipinski definition) is 1. The molecule has 1 aliphatic heterocycles. The van der Waals surface area contributed by atoms with Gasteiger partial charge in [-0.05, 0) is 44.4 Å². The van der Waals surface area contributed by atoms with E-state index < -0.39 is 0 Å². The predicted octanol–water partition coefficient (Wildman–Crippen LogP) is 2.78. The third kappa shape index (κ3) is 1.71. The van der Waals surface area contributed by atoms with Crippen LogP contribution < -0.4 is 10.1 Å². The molecule has 0 aromatic heterocycles. The van der Waals surface area contributed by atoms with Gasteiger partial charge < -0.3 is 10.1 Å². The van der Waals surface area contributed by atoms with Crippen molar-refractivity contribution >= 4 is 0 Å². The summed E-state index contributed by atoms with van der Waals surface area (Å²) in [5, 5.41) is 3.47. The van der Waals surface area contributed by atoms with Gasteiger partial charge in [0.25, 0.3) is 0 Å². The molecule has 1 aromatic carbocycles. The minimum absolute atomic E-state index is 0.230. The van der Waals surface area contributed by atoms with Crippen molar-refractivity contribution in [2.45, 2.75) is 39.2 Å². The lowest BCUT2D eigenvalue weighted by molar-refractivity contribution is 0.208. The van der Waals surface area contributed by atoms with Gasteiger partial charge >= 0.3 is 0 Å². The van der Waals surface area contributed by atoms with Crippen molar-refractivity contribution in [3.8, 4) is 5.75 Å². The van der Waals surface area contributed by atoms with Crippen molar-refractivity contribution < 1.29 is 4.74 Å². The summed E-state index contributed by atoms with van der Waals surface area (Å²) in [5.74, 6) is 1.64. The van der Waals surface area contributed by atoms with Gasteiger partial charge in [0.2, 0.25) is 0 Å². The minimum atomic E-state index is 0.230. The monoisotopic (exact) mass is 219 g/mol. The first-order valence-electron chi connectivity index (χ1n) is 5.86. The number of methoxy groups -OCH3 is 1. The van der Waals surface area contributed by atoms with Gasteiger partial charge in [-0.2, -0.15) is 0 Å². The summed E-state index contributed by atoms with van der Waals surface area (Å²) in [5.41, 5.74) is 4.13. The van der Waals surface area contributed by atoms with E-state index in [1.807, 2.05) is 0 Å². The fraction of sp³-hybridized carbons (Fsp3) is 0.571. The fourth-order valence-corrected chi connectivity index (χ4v) is 2.65. The summed E-state index contributed by atoms with van der Waals surface area (Å²) in [6.07, 6.45) is 0. The Balaban J connectivity index is 2.37. The Bertz CT molecular complexity index is 386. The maximum Gasteiger partial charge on any atom is 0.124 e. The maximum atomic E-state index is 5.40. The number of ether oxygens (including phenoxy) is 1. The number of nitrogens with one attached hydrogen (secondary N) is 1. The van der Waals surface area contributed by atoms with Gasteiger partial charge in [-0.25, -0.2) is 0 Å². The molecule has 1 aliphatic rings. The molecule has 2 nitrogen and oxygen atoms in total. The number of aryl methyl sites for hydroxylation is 2. The molecule has 16 heavy (non-hydrogen) atoms. The van der Waals surface area contributed by atoms with Crippen LogP contribution in [0.3, 0.4) is 0 Å². The zero-order valence-corrected chi connectivity index (χ0v) is 10.8. The Morgan fingerprint density at radius 2 is 1.81 bits per heavy atom. The van der Waals surface area contributed by atoms with Gasteiger partial charge in [-0.1, -0.05) is 12.1 Å². The number of benzene rings is 1. The summed E-state index contributed by atoms with van der Waals surface area (Å²) in [7, 11) is 1.74.